The molecule has 0 radical (unpaired) electrons. The molecule has 2 saturated heterocycles. The van der Waals surface area contributed by atoms with Crippen molar-refractivity contribution in [2.24, 2.45) is 0 Å². The summed E-state index contributed by atoms with van der Waals surface area (Å²) in [7, 11) is 0. The van der Waals surface area contributed by atoms with Gasteiger partial charge in [0.05, 0.1) is 11.9 Å². The van der Waals surface area contributed by atoms with Gasteiger partial charge in [-0.2, -0.15) is 0 Å². The predicted molar refractivity (Wildman–Crippen MR) is 117 cm³/mol. The highest BCUT2D eigenvalue weighted by molar-refractivity contribution is 5.96. The molecule has 6 rings (SSSR count). The van der Waals surface area contributed by atoms with Gasteiger partial charge in [0.15, 0.2) is 11.3 Å². The molecule has 0 N–H and O–H groups in total. The van der Waals surface area contributed by atoms with Crippen LogP contribution < -0.4 is 0 Å². The van der Waals surface area contributed by atoms with Gasteiger partial charge >= 0.3 is 0 Å². The van der Waals surface area contributed by atoms with Crippen LogP contribution in [0.3, 0.4) is 0 Å². The summed E-state index contributed by atoms with van der Waals surface area (Å²) in [5.74, 6) is 1.08. The number of ether oxygens (including phenoxy) is 1. The normalized spacial score (nSPS) is 20.2. The van der Waals surface area contributed by atoms with Crippen molar-refractivity contribution < 1.29 is 9.53 Å². The minimum absolute atomic E-state index is 0.00135. The molecular formula is C23H25N7O2. The summed E-state index contributed by atoms with van der Waals surface area (Å²) in [5, 5.41) is 8.69. The first kappa shape index (κ1) is 19.4. The van der Waals surface area contributed by atoms with Crippen molar-refractivity contribution in [1.29, 1.82) is 0 Å². The number of piperidine rings is 1. The molecule has 2 aliphatic rings. The van der Waals surface area contributed by atoms with Crippen LogP contribution in [0.15, 0.2) is 43.0 Å². The first-order valence-electron chi connectivity index (χ1n) is 11.3. The fraction of sp³-hybridized carbons (Fsp3) is 0.435. The van der Waals surface area contributed by atoms with Crippen LogP contribution in [0.5, 0.6) is 0 Å². The molecule has 0 aromatic carbocycles. The van der Waals surface area contributed by atoms with Crippen molar-refractivity contribution in [3.63, 3.8) is 0 Å². The van der Waals surface area contributed by atoms with E-state index in [4.69, 9.17) is 4.74 Å². The molecule has 4 aromatic rings. The molecule has 0 spiro atoms. The van der Waals surface area contributed by atoms with E-state index in [-0.39, 0.29) is 11.8 Å². The maximum absolute atomic E-state index is 13.3. The number of hydrogen-bond acceptors (Lipinski definition) is 6. The molecule has 1 unspecified atom stereocenters. The van der Waals surface area contributed by atoms with E-state index in [1.807, 2.05) is 46.1 Å². The summed E-state index contributed by atoms with van der Waals surface area (Å²) in [5.41, 5.74) is 3.02. The zero-order valence-electron chi connectivity index (χ0n) is 17.8. The summed E-state index contributed by atoms with van der Waals surface area (Å²) >= 11 is 0. The van der Waals surface area contributed by atoms with E-state index >= 15 is 0 Å². The minimum Gasteiger partial charge on any atom is -0.381 e. The minimum atomic E-state index is -0.00135. The Morgan fingerprint density at radius 2 is 2.00 bits per heavy atom. The highest BCUT2D eigenvalue weighted by Gasteiger charge is 2.29. The molecule has 1 amide bonds. The summed E-state index contributed by atoms with van der Waals surface area (Å²) in [4.78, 5) is 24.4. The second kappa shape index (κ2) is 7.98. The average molecular weight is 432 g/mol. The Balaban J connectivity index is 1.23. The maximum Gasteiger partial charge on any atom is 0.255 e. The molecule has 0 aliphatic carbocycles. The first-order valence-corrected chi connectivity index (χ1v) is 11.3. The van der Waals surface area contributed by atoms with Crippen LogP contribution in [0.25, 0.3) is 16.8 Å². The van der Waals surface area contributed by atoms with Gasteiger partial charge in [-0.15, -0.1) is 10.2 Å². The highest BCUT2D eigenvalue weighted by atomic mass is 16.5. The number of amides is 1. The van der Waals surface area contributed by atoms with E-state index in [0.29, 0.717) is 18.2 Å². The van der Waals surface area contributed by atoms with Crippen LogP contribution in [0.4, 0.5) is 0 Å². The van der Waals surface area contributed by atoms with Gasteiger partial charge in [-0.05, 0) is 43.9 Å². The summed E-state index contributed by atoms with van der Waals surface area (Å²) in [6.45, 7) is 2.89. The lowest BCUT2D eigenvalue weighted by Crippen LogP contribution is -2.39. The number of rotatable bonds is 3. The lowest BCUT2D eigenvalue weighted by molar-refractivity contribution is 0.0703. The van der Waals surface area contributed by atoms with Gasteiger partial charge in [-0.1, -0.05) is 6.07 Å². The molecule has 9 heteroatoms. The summed E-state index contributed by atoms with van der Waals surface area (Å²) in [6, 6.07) is 8.10. The fourth-order valence-corrected chi connectivity index (χ4v) is 4.96. The van der Waals surface area contributed by atoms with Crippen molar-refractivity contribution >= 4 is 22.7 Å². The first-order chi connectivity index (χ1) is 15.8. The number of hydrogen-bond donors (Lipinski definition) is 0. The molecule has 2 aliphatic heterocycles. The topological polar surface area (TPSA) is 90.4 Å². The Kier molecular flexibility index (Phi) is 4.83. The lowest BCUT2D eigenvalue weighted by atomic mass is 9.96. The third kappa shape index (κ3) is 3.33. The van der Waals surface area contributed by atoms with Crippen LogP contribution in [-0.4, -0.2) is 66.2 Å². The van der Waals surface area contributed by atoms with Gasteiger partial charge in [-0.25, -0.2) is 9.97 Å². The van der Waals surface area contributed by atoms with E-state index in [0.717, 1.165) is 68.1 Å². The van der Waals surface area contributed by atoms with Crippen molar-refractivity contribution in [2.75, 3.05) is 26.3 Å². The number of pyridine rings is 2. The zero-order chi connectivity index (χ0) is 21.5. The third-order valence-corrected chi connectivity index (χ3v) is 6.66. The van der Waals surface area contributed by atoms with Crippen LogP contribution in [0.1, 0.15) is 53.8 Å². The van der Waals surface area contributed by atoms with Gasteiger partial charge < -0.3 is 14.2 Å². The summed E-state index contributed by atoms with van der Waals surface area (Å²) < 4.78 is 9.62. The third-order valence-electron chi connectivity index (χ3n) is 6.66. The number of carbonyl (C=O) groups is 1. The van der Waals surface area contributed by atoms with Gasteiger partial charge in [0.2, 0.25) is 0 Å². The number of imidazole rings is 1. The van der Waals surface area contributed by atoms with Crippen LogP contribution in [0, 0.1) is 0 Å². The Labute approximate surface area is 185 Å². The van der Waals surface area contributed by atoms with Crippen LogP contribution in [-0.2, 0) is 4.74 Å². The molecule has 1 atom stereocenters. The molecule has 2 fully saturated rings. The Hall–Kier alpha value is -3.33. The van der Waals surface area contributed by atoms with E-state index in [1.54, 1.807) is 6.20 Å². The molecule has 9 nitrogen and oxygen atoms in total. The highest BCUT2D eigenvalue weighted by Crippen LogP contribution is 2.28. The second-order valence-electron chi connectivity index (χ2n) is 8.64. The number of nitrogens with zero attached hydrogens (tertiary/aromatic N) is 7. The number of aromatic nitrogens is 6. The standard InChI is InChI=1S/C23H25N7O2/c31-23(17-12-19-22(24-13-17)30(15-25-19)18-6-10-32-11-7-18)28-8-3-4-16(14-28)21-27-26-20-5-1-2-9-29(20)21/h1-2,5,9,12-13,15-16,18H,3-4,6-8,10-11,14H2. The average Bonchev–Trinajstić information content (AvgIpc) is 3.48. The van der Waals surface area contributed by atoms with Crippen LogP contribution >= 0.6 is 0 Å². The summed E-state index contributed by atoms with van der Waals surface area (Å²) in [6.07, 6.45) is 9.37. The Bertz CT molecular complexity index is 1270. The molecule has 4 aromatic heterocycles. The Morgan fingerprint density at radius 1 is 1.09 bits per heavy atom. The molecule has 0 saturated carbocycles. The second-order valence-corrected chi connectivity index (χ2v) is 8.64. The monoisotopic (exact) mass is 431 g/mol. The van der Waals surface area contributed by atoms with Gasteiger partial charge in [0.1, 0.15) is 11.3 Å². The lowest BCUT2D eigenvalue weighted by Gasteiger charge is -2.32. The number of fused-ring (bicyclic) bond motifs is 2. The van der Waals surface area contributed by atoms with E-state index in [2.05, 4.69) is 24.7 Å². The zero-order valence-corrected chi connectivity index (χ0v) is 17.8. The smallest absolute Gasteiger partial charge is 0.255 e. The van der Waals surface area contributed by atoms with Crippen LogP contribution in [0.2, 0.25) is 0 Å². The van der Waals surface area contributed by atoms with Crippen molar-refractivity contribution in [3.05, 3.63) is 54.4 Å². The maximum atomic E-state index is 13.3. The SMILES string of the molecule is O=C(c1cnc2c(c1)ncn2C1CCOCC1)N1CCCC(c2nnc3ccccn23)C1. The largest absolute Gasteiger partial charge is 0.381 e. The van der Waals surface area contributed by atoms with Crippen molar-refractivity contribution in [3.8, 4) is 0 Å². The quantitative estimate of drug-likeness (QED) is 0.495. The number of carbonyl (C=O) groups excluding carboxylic acids is 1. The molecule has 0 bridgehead atoms. The molecular weight excluding hydrogens is 406 g/mol. The number of likely N-dealkylation sites (tertiary alicyclic amines) is 1. The van der Waals surface area contributed by atoms with Gasteiger partial charge in [0.25, 0.3) is 5.91 Å². The van der Waals surface area contributed by atoms with E-state index in [1.165, 1.54) is 0 Å². The van der Waals surface area contributed by atoms with E-state index in [9.17, 15) is 4.79 Å². The predicted octanol–water partition coefficient (Wildman–Crippen LogP) is 2.85. The van der Waals surface area contributed by atoms with Crippen molar-refractivity contribution in [1.82, 2.24) is 34.0 Å². The van der Waals surface area contributed by atoms with Gasteiger partial charge in [0, 0.05) is 50.7 Å². The van der Waals surface area contributed by atoms with E-state index < -0.39 is 0 Å². The Morgan fingerprint density at radius 3 is 2.91 bits per heavy atom. The molecule has 32 heavy (non-hydrogen) atoms. The fourth-order valence-electron chi connectivity index (χ4n) is 4.96. The molecule has 164 valence electrons. The molecule has 6 heterocycles. The van der Waals surface area contributed by atoms with Gasteiger partial charge in [-0.3, -0.25) is 9.20 Å². The van der Waals surface area contributed by atoms with Crippen molar-refractivity contribution in [2.45, 2.75) is 37.6 Å².